The minimum absolute atomic E-state index is 0.167. The van der Waals surface area contributed by atoms with E-state index in [1.54, 1.807) is 13.3 Å². The van der Waals surface area contributed by atoms with Crippen molar-refractivity contribution < 1.29 is 4.74 Å². The SMILES string of the molecule is COc1ccccc1-c1c[nH]c(=O)c2c1cc(CCCN)c1ccc(/C(C=N)=C/N)cc12. The number of fused-ring (bicyclic) bond motifs is 3. The Hall–Kier alpha value is -3.90. The van der Waals surface area contributed by atoms with Crippen LogP contribution >= 0.6 is 0 Å². The Morgan fingerprint density at radius 3 is 2.62 bits per heavy atom. The number of aryl methyl sites for hydroxylation is 1. The molecule has 0 saturated carbocycles. The predicted octanol–water partition coefficient (Wildman–Crippen LogP) is 4.20. The molecular weight excluding hydrogens is 400 g/mol. The van der Waals surface area contributed by atoms with Crippen LogP contribution in [0.15, 0.2) is 65.7 Å². The lowest BCUT2D eigenvalue weighted by Gasteiger charge is -2.15. The van der Waals surface area contributed by atoms with Crippen LogP contribution in [0.25, 0.3) is 38.2 Å². The van der Waals surface area contributed by atoms with E-state index >= 15 is 0 Å². The number of nitrogens with two attached hydrogens (primary N) is 2. The summed E-state index contributed by atoms with van der Waals surface area (Å²) in [4.78, 5) is 16.0. The molecule has 6 heteroatoms. The number of aromatic amines is 1. The second-order valence-corrected chi connectivity index (χ2v) is 7.61. The Kier molecular flexibility index (Phi) is 6.05. The van der Waals surface area contributed by atoms with Crippen molar-refractivity contribution in [1.82, 2.24) is 4.98 Å². The largest absolute Gasteiger partial charge is 0.496 e. The zero-order valence-corrected chi connectivity index (χ0v) is 17.9. The highest BCUT2D eigenvalue weighted by Crippen LogP contribution is 2.37. The van der Waals surface area contributed by atoms with Crippen molar-refractivity contribution in [3.05, 3.63) is 82.4 Å². The number of aromatic nitrogens is 1. The predicted molar refractivity (Wildman–Crippen MR) is 132 cm³/mol. The summed E-state index contributed by atoms with van der Waals surface area (Å²) in [5.74, 6) is 0.732. The average Bonchev–Trinajstić information content (AvgIpc) is 2.83. The van der Waals surface area contributed by atoms with E-state index in [4.69, 9.17) is 21.6 Å². The molecule has 0 aliphatic rings. The zero-order chi connectivity index (χ0) is 22.7. The molecule has 162 valence electrons. The van der Waals surface area contributed by atoms with Crippen molar-refractivity contribution in [3.8, 4) is 16.9 Å². The summed E-state index contributed by atoms with van der Waals surface area (Å²) in [5.41, 5.74) is 15.6. The van der Waals surface area contributed by atoms with Gasteiger partial charge in [0.2, 0.25) is 0 Å². The molecule has 6 N–H and O–H groups in total. The minimum Gasteiger partial charge on any atom is -0.496 e. The molecular formula is C26H26N4O2. The topological polar surface area (TPSA) is 118 Å². The van der Waals surface area contributed by atoms with Crippen LogP contribution in [-0.2, 0) is 6.42 Å². The Labute approximate surface area is 186 Å². The summed E-state index contributed by atoms with van der Waals surface area (Å²) in [6.07, 6.45) is 5.99. The van der Waals surface area contributed by atoms with Crippen LogP contribution in [0.3, 0.4) is 0 Å². The minimum atomic E-state index is -0.167. The first-order chi connectivity index (χ1) is 15.6. The normalized spacial score (nSPS) is 11.8. The van der Waals surface area contributed by atoms with E-state index in [1.807, 2.05) is 42.5 Å². The first kappa shape index (κ1) is 21.3. The van der Waals surface area contributed by atoms with Crippen molar-refractivity contribution in [2.24, 2.45) is 11.5 Å². The maximum Gasteiger partial charge on any atom is 0.256 e. The third-order valence-electron chi connectivity index (χ3n) is 5.80. The second-order valence-electron chi connectivity index (χ2n) is 7.61. The van der Waals surface area contributed by atoms with Crippen LogP contribution < -0.4 is 21.8 Å². The van der Waals surface area contributed by atoms with Gasteiger partial charge in [0.15, 0.2) is 0 Å². The third kappa shape index (κ3) is 3.65. The monoisotopic (exact) mass is 426 g/mol. The van der Waals surface area contributed by atoms with Gasteiger partial charge in [-0.1, -0.05) is 30.3 Å². The van der Waals surface area contributed by atoms with Gasteiger partial charge in [-0.25, -0.2) is 0 Å². The molecule has 0 bridgehead atoms. The summed E-state index contributed by atoms with van der Waals surface area (Å²) in [5, 5.41) is 10.9. The Bertz CT molecular complexity index is 1400. The molecule has 0 fully saturated rings. The molecule has 0 radical (unpaired) electrons. The lowest BCUT2D eigenvalue weighted by molar-refractivity contribution is 0.416. The zero-order valence-electron chi connectivity index (χ0n) is 17.9. The van der Waals surface area contributed by atoms with Gasteiger partial charge in [0, 0.05) is 35.3 Å². The van der Waals surface area contributed by atoms with Gasteiger partial charge in [0.1, 0.15) is 5.75 Å². The van der Waals surface area contributed by atoms with Gasteiger partial charge in [0.25, 0.3) is 5.56 Å². The fourth-order valence-corrected chi connectivity index (χ4v) is 4.24. The molecule has 0 spiro atoms. The highest BCUT2D eigenvalue weighted by Gasteiger charge is 2.16. The Balaban J connectivity index is 2.15. The average molecular weight is 427 g/mol. The lowest BCUT2D eigenvalue weighted by Crippen LogP contribution is -2.08. The number of nitrogens with one attached hydrogen (secondary N) is 2. The van der Waals surface area contributed by atoms with Crippen molar-refractivity contribution in [2.75, 3.05) is 13.7 Å². The molecule has 3 aromatic carbocycles. The van der Waals surface area contributed by atoms with E-state index in [1.165, 1.54) is 12.4 Å². The first-order valence-electron chi connectivity index (χ1n) is 10.5. The number of hydrogen-bond acceptors (Lipinski definition) is 5. The highest BCUT2D eigenvalue weighted by molar-refractivity contribution is 6.15. The number of methoxy groups -OCH3 is 1. The van der Waals surface area contributed by atoms with Crippen LogP contribution in [-0.4, -0.2) is 24.9 Å². The fourth-order valence-electron chi connectivity index (χ4n) is 4.24. The number of benzene rings is 3. The number of para-hydroxylation sites is 1. The number of H-pyrrole nitrogens is 1. The van der Waals surface area contributed by atoms with E-state index in [-0.39, 0.29) is 5.56 Å². The number of ether oxygens (including phenoxy) is 1. The van der Waals surface area contributed by atoms with Gasteiger partial charge >= 0.3 is 0 Å². The molecule has 0 atom stereocenters. The van der Waals surface area contributed by atoms with Crippen LogP contribution in [0.4, 0.5) is 0 Å². The van der Waals surface area contributed by atoms with Crippen LogP contribution in [0.5, 0.6) is 5.75 Å². The maximum atomic E-state index is 13.1. The molecule has 0 saturated heterocycles. The van der Waals surface area contributed by atoms with E-state index in [0.717, 1.165) is 57.0 Å². The summed E-state index contributed by atoms with van der Waals surface area (Å²) in [6.45, 7) is 0.584. The fraction of sp³-hybridized carbons (Fsp3) is 0.154. The lowest BCUT2D eigenvalue weighted by atomic mass is 9.90. The van der Waals surface area contributed by atoms with E-state index in [2.05, 4.69) is 11.1 Å². The Morgan fingerprint density at radius 2 is 1.91 bits per heavy atom. The van der Waals surface area contributed by atoms with Gasteiger partial charge in [-0.15, -0.1) is 0 Å². The summed E-state index contributed by atoms with van der Waals surface area (Å²) < 4.78 is 5.59. The van der Waals surface area contributed by atoms with E-state index in [0.29, 0.717) is 17.5 Å². The van der Waals surface area contributed by atoms with Crippen LogP contribution in [0, 0.1) is 5.41 Å². The van der Waals surface area contributed by atoms with Crippen molar-refractivity contribution in [1.29, 1.82) is 5.41 Å². The number of rotatable bonds is 7. The second kappa shape index (κ2) is 9.08. The summed E-state index contributed by atoms with van der Waals surface area (Å²) >= 11 is 0. The number of allylic oxidation sites excluding steroid dienone is 1. The molecule has 6 nitrogen and oxygen atoms in total. The Morgan fingerprint density at radius 1 is 1.09 bits per heavy atom. The van der Waals surface area contributed by atoms with Gasteiger partial charge < -0.3 is 26.6 Å². The van der Waals surface area contributed by atoms with E-state index < -0.39 is 0 Å². The highest BCUT2D eigenvalue weighted by atomic mass is 16.5. The maximum absolute atomic E-state index is 13.1. The van der Waals surface area contributed by atoms with Gasteiger partial charge in [-0.2, -0.15) is 0 Å². The molecule has 0 aliphatic carbocycles. The standard InChI is InChI=1S/C26H26N4O2/c1-32-24-7-3-2-6-20(24)23-15-30-26(31)25-21-11-16(18(13-28)14-29)8-9-19(21)17(5-4-10-27)12-22(23)25/h2-3,6-9,11-15,28H,4-5,10,27,29H2,1H3,(H,30,31)/b18-14+,28-13?. The van der Waals surface area contributed by atoms with Gasteiger partial charge in [-0.05, 0) is 64.9 Å². The molecule has 0 aliphatic heterocycles. The van der Waals surface area contributed by atoms with Crippen molar-refractivity contribution in [3.63, 3.8) is 0 Å². The third-order valence-corrected chi connectivity index (χ3v) is 5.80. The molecule has 4 aromatic rings. The summed E-state index contributed by atoms with van der Waals surface area (Å²) in [7, 11) is 1.64. The first-order valence-corrected chi connectivity index (χ1v) is 10.5. The summed E-state index contributed by atoms with van der Waals surface area (Å²) in [6, 6.07) is 15.7. The molecule has 1 heterocycles. The molecule has 32 heavy (non-hydrogen) atoms. The molecule has 0 amide bonds. The van der Waals surface area contributed by atoms with Crippen LogP contribution in [0.2, 0.25) is 0 Å². The number of hydrogen-bond donors (Lipinski definition) is 4. The molecule has 0 unspecified atom stereocenters. The number of pyridine rings is 1. The quantitative estimate of drug-likeness (QED) is 0.262. The van der Waals surface area contributed by atoms with Gasteiger partial charge in [0.05, 0.1) is 12.5 Å². The van der Waals surface area contributed by atoms with Crippen molar-refractivity contribution >= 4 is 33.3 Å². The smallest absolute Gasteiger partial charge is 0.256 e. The van der Waals surface area contributed by atoms with E-state index in [9.17, 15) is 4.79 Å². The van der Waals surface area contributed by atoms with Gasteiger partial charge in [-0.3, -0.25) is 4.79 Å². The molecule has 4 rings (SSSR count). The molecule has 1 aromatic heterocycles. The van der Waals surface area contributed by atoms with Crippen LogP contribution in [0.1, 0.15) is 17.5 Å². The van der Waals surface area contributed by atoms with Crippen molar-refractivity contribution in [2.45, 2.75) is 12.8 Å².